The Morgan fingerprint density at radius 3 is 3.00 bits per heavy atom. The van der Waals surface area contributed by atoms with E-state index >= 15 is 0 Å². The Kier molecular flexibility index (Phi) is 4.14. The number of amides is 1. The van der Waals surface area contributed by atoms with Crippen LogP contribution >= 0.6 is 0 Å². The highest BCUT2D eigenvalue weighted by molar-refractivity contribution is 5.73. The fourth-order valence-corrected chi connectivity index (χ4v) is 2.27. The summed E-state index contributed by atoms with van der Waals surface area (Å²) in [6, 6.07) is 2.63. The van der Waals surface area contributed by atoms with Gasteiger partial charge in [-0.1, -0.05) is 12.8 Å². The third kappa shape index (κ3) is 3.56. The Labute approximate surface area is 101 Å². The number of rotatable bonds is 6. The molecule has 0 spiro atoms. The molecule has 5 heteroatoms. The van der Waals surface area contributed by atoms with Crippen molar-refractivity contribution in [2.45, 2.75) is 44.7 Å². The summed E-state index contributed by atoms with van der Waals surface area (Å²) in [7, 11) is 0. The summed E-state index contributed by atoms with van der Waals surface area (Å²) in [6.07, 6.45) is 7.56. The standard InChI is InChI=1S/C12H20N4O/c13-12(17)5-7-14-9-10-6-8-16(15-10)11-3-1-2-4-11/h6,8,11,14H,1-5,7,9H2,(H2,13,17). The molecule has 0 bridgehead atoms. The summed E-state index contributed by atoms with van der Waals surface area (Å²) in [4.78, 5) is 10.6. The summed E-state index contributed by atoms with van der Waals surface area (Å²) in [5.74, 6) is -0.269. The van der Waals surface area contributed by atoms with E-state index < -0.39 is 0 Å². The number of hydrogen-bond acceptors (Lipinski definition) is 3. The zero-order valence-corrected chi connectivity index (χ0v) is 10.1. The van der Waals surface area contributed by atoms with Crippen molar-refractivity contribution < 1.29 is 4.79 Å². The van der Waals surface area contributed by atoms with E-state index in [9.17, 15) is 4.79 Å². The van der Waals surface area contributed by atoms with Crippen LogP contribution in [0.2, 0.25) is 0 Å². The van der Waals surface area contributed by atoms with E-state index in [4.69, 9.17) is 5.73 Å². The van der Waals surface area contributed by atoms with Crippen LogP contribution in [0.4, 0.5) is 0 Å². The molecule has 0 aliphatic heterocycles. The Hall–Kier alpha value is -1.36. The molecule has 94 valence electrons. The Bertz CT molecular complexity index is 368. The van der Waals surface area contributed by atoms with Gasteiger partial charge >= 0.3 is 0 Å². The van der Waals surface area contributed by atoms with Gasteiger partial charge in [0.15, 0.2) is 0 Å². The molecule has 1 saturated carbocycles. The fourth-order valence-electron chi connectivity index (χ4n) is 2.27. The summed E-state index contributed by atoms with van der Waals surface area (Å²) in [6.45, 7) is 1.32. The van der Waals surface area contributed by atoms with Crippen molar-refractivity contribution in [1.29, 1.82) is 0 Å². The number of nitrogens with one attached hydrogen (secondary N) is 1. The van der Waals surface area contributed by atoms with Crippen molar-refractivity contribution in [2.75, 3.05) is 6.54 Å². The zero-order valence-electron chi connectivity index (χ0n) is 10.1. The average molecular weight is 236 g/mol. The predicted octanol–water partition coefficient (Wildman–Crippen LogP) is 0.963. The van der Waals surface area contributed by atoms with Gasteiger partial charge in [-0.3, -0.25) is 9.48 Å². The number of nitrogens with zero attached hydrogens (tertiary/aromatic N) is 2. The number of primary amides is 1. The molecule has 1 amide bonds. The lowest BCUT2D eigenvalue weighted by molar-refractivity contribution is -0.117. The van der Waals surface area contributed by atoms with Crippen LogP contribution in [0.3, 0.4) is 0 Å². The molecule has 0 saturated heterocycles. The number of nitrogens with two attached hydrogens (primary N) is 1. The highest BCUT2D eigenvalue weighted by Gasteiger charge is 2.17. The van der Waals surface area contributed by atoms with Gasteiger partial charge in [0.05, 0.1) is 11.7 Å². The number of hydrogen-bond donors (Lipinski definition) is 2. The molecule has 17 heavy (non-hydrogen) atoms. The van der Waals surface area contributed by atoms with Gasteiger partial charge in [0.25, 0.3) is 0 Å². The number of carbonyl (C=O) groups excluding carboxylic acids is 1. The van der Waals surface area contributed by atoms with Gasteiger partial charge in [-0.05, 0) is 18.9 Å². The molecule has 5 nitrogen and oxygen atoms in total. The SMILES string of the molecule is NC(=O)CCNCc1ccn(C2CCCC2)n1. The van der Waals surface area contributed by atoms with Crippen LogP contribution in [-0.2, 0) is 11.3 Å². The number of aromatic nitrogens is 2. The third-order valence-electron chi connectivity index (χ3n) is 3.22. The van der Waals surface area contributed by atoms with Gasteiger partial charge < -0.3 is 11.1 Å². The quantitative estimate of drug-likeness (QED) is 0.723. The molecule has 0 radical (unpaired) electrons. The van der Waals surface area contributed by atoms with Crippen molar-refractivity contribution in [2.24, 2.45) is 5.73 Å². The highest BCUT2D eigenvalue weighted by Crippen LogP contribution is 2.28. The first-order chi connectivity index (χ1) is 8.25. The van der Waals surface area contributed by atoms with E-state index in [0.717, 1.165) is 5.69 Å². The van der Waals surface area contributed by atoms with E-state index in [-0.39, 0.29) is 5.91 Å². The molecule has 1 aliphatic rings. The monoisotopic (exact) mass is 236 g/mol. The predicted molar refractivity (Wildman–Crippen MR) is 65.3 cm³/mol. The summed E-state index contributed by atoms with van der Waals surface area (Å²) in [5, 5.41) is 7.71. The maximum atomic E-state index is 10.6. The van der Waals surface area contributed by atoms with Gasteiger partial charge in [0.1, 0.15) is 0 Å². The first-order valence-corrected chi connectivity index (χ1v) is 6.29. The van der Waals surface area contributed by atoms with Crippen molar-refractivity contribution in [3.8, 4) is 0 Å². The summed E-state index contributed by atoms with van der Waals surface area (Å²) in [5.41, 5.74) is 6.09. The van der Waals surface area contributed by atoms with Crippen LogP contribution in [0, 0.1) is 0 Å². The van der Waals surface area contributed by atoms with Crippen LogP contribution in [0.15, 0.2) is 12.3 Å². The number of carbonyl (C=O) groups is 1. The van der Waals surface area contributed by atoms with Crippen molar-refractivity contribution in [3.05, 3.63) is 18.0 Å². The van der Waals surface area contributed by atoms with E-state index in [0.29, 0.717) is 25.6 Å². The van der Waals surface area contributed by atoms with Crippen molar-refractivity contribution >= 4 is 5.91 Å². The molecule has 1 aromatic heterocycles. The highest BCUT2D eigenvalue weighted by atomic mass is 16.1. The van der Waals surface area contributed by atoms with Gasteiger partial charge in [-0.15, -0.1) is 0 Å². The van der Waals surface area contributed by atoms with E-state index in [1.807, 2.05) is 6.07 Å². The topological polar surface area (TPSA) is 72.9 Å². The Balaban J connectivity index is 1.75. The summed E-state index contributed by atoms with van der Waals surface area (Å²) < 4.78 is 2.08. The van der Waals surface area contributed by atoms with Gasteiger partial charge in [0, 0.05) is 25.7 Å². The second kappa shape index (κ2) is 5.82. The average Bonchev–Trinajstić information content (AvgIpc) is 2.94. The van der Waals surface area contributed by atoms with Crippen LogP contribution in [0.5, 0.6) is 0 Å². The maximum absolute atomic E-state index is 10.6. The minimum absolute atomic E-state index is 0.269. The van der Waals surface area contributed by atoms with Crippen molar-refractivity contribution in [3.63, 3.8) is 0 Å². The minimum atomic E-state index is -0.269. The molecular weight excluding hydrogens is 216 g/mol. The molecule has 0 aromatic carbocycles. The lowest BCUT2D eigenvalue weighted by Crippen LogP contribution is -2.21. The lowest BCUT2D eigenvalue weighted by atomic mass is 10.3. The van der Waals surface area contributed by atoms with Gasteiger partial charge in [0.2, 0.25) is 5.91 Å². The molecule has 1 fully saturated rings. The normalized spacial score (nSPS) is 16.5. The molecule has 0 unspecified atom stereocenters. The van der Waals surface area contributed by atoms with E-state index in [1.165, 1.54) is 25.7 Å². The van der Waals surface area contributed by atoms with E-state index in [1.54, 1.807) is 0 Å². The fraction of sp³-hybridized carbons (Fsp3) is 0.667. The van der Waals surface area contributed by atoms with E-state index in [2.05, 4.69) is 21.3 Å². The molecular formula is C12H20N4O. The molecule has 0 atom stereocenters. The second-order valence-electron chi connectivity index (χ2n) is 4.62. The molecule has 1 aliphatic carbocycles. The van der Waals surface area contributed by atoms with Crippen LogP contribution in [0.1, 0.15) is 43.8 Å². The van der Waals surface area contributed by atoms with Gasteiger partial charge in [-0.2, -0.15) is 5.10 Å². The van der Waals surface area contributed by atoms with Crippen LogP contribution < -0.4 is 11.1 Å². The molecule has 3 N–H and O–H groups in total. The molecule has 1 heterocycles. The molecule has 1 aromatic rings. The maximum Gasteiger partial charge on any atom is 0.218 e. The first-order valence-electron chi connectivity index (χ1n) is 6.29. The third-order valence-corrected chi connectivity index (χ3v) is 3.22. The summed E-state index contributed by atoms with van der Waals surface area (Å²) >= 11 is 0. The zero-order chi connectivity index (χ0) is 12.1. The Morgan fingerprint density at radius 1 is 1.53 bits per heavy atom. The largest absolute Gasteiger partial charge is 0.370 e. The smallest absolute Gasteiger partial charge is 0.218 e. The van der Waals surface area contributed by atoms with Crippen LogP contribution in [0.25, 0.3) is 0 Å². The lowest BCUT2D eigenvalue weighted by Gasteiger charge is -2.08. The Morgan fingerprint density at radius 2 is 2.29 bits per heavy atom. The second-order valence-corrected chi connectivity index (χ2v) is 4.62. The minimum Gasteiger partial charge on any atom is -0.370 e. The first kappa shape index (κ1) is 12.1. The molecule has 2 rings (SSSR count). The van der Waals surface area contributed by atoms with Gasteiger partial charge in [-0.25, -0.2) is 0 Å². The van der Waals surface area contributed by atoms with Crippen LogP contribution in [-0.4, -0.2) is 22.2 Å². The van der Waals surface area contributed by atoms with Crippen molar-refractivity contribution in [1.82, 2.24) is 15.1 Å².